The third-order valence-electron chi connectivity index (χ3n) is 14.5. The van der Waals surface area contributed by atoms with Gasteiger partial charge in [-0.2, -0.15) is 4.58 Å². The monoisotopic (exact) mass is 822 g/mol. The Morgan fingerprint density at radius 3 is 1.89 bits per heavy atom. The van der Waals surface area contributed by atoms with Crippen molar-refractivity contribution in [2.75, 3.05) is 18.0 Å². The van der Waals surface area contributed by atoms with Crippen LogP contribution in [-0.4, -0.2) is 23.4 Å². The Bertz CT molecular complexity index is 2520. The van der Waals surface area contributed by atoms with Gasteiger partial charge in [0.1, 0.15) is 6.54 Å². The molecule has 2 aliphatic heterocycles. The van der Waals surface area contributed by atoms with Gasteiger partial charge < -0.3 is 4.90 Å². The molecular weight excluding hydrogens is 749 g/mol. The number of nitrogens with zero attached hydrogens (tertiary/aromatic N) is 2. The van der Waals surface area contributed by atoms with E-state index in [0.717, 1.165) is 32.4 Å². The second-order valence-electron chi connectivity index (χ2n) is 19.5. The molecule has 0 amide bonds. The zero-order chi connectivity index (χ0) is 43.1. The second-order valence-corrected chi connectivity index (χ2v) is 19.5. The van der Waals surface area contributed by atoms with Gasteiger partial charge in [-0.1, -0.05) is 183 Å². The molecule has 0 radical (unpaired) electrons. The fourth-order valence-corrected chi connectivity index (χ4v) is 11.2. The maximum atomic E-state index is 2.69. The van der Waals surface area contributed by atoms with E-state index >= 15 is 0 Å². The standard InChI is InChI=1S/C60H73N2/c1-7-9-11-13-15-24-43-61-52-39-35-45-27-20-22-33-50(45)57(52)59(3,4)54(61)41-37-48-31-26-32-49(56(48)47-29-18-17-19-30-47)38-42-55-60(5,6)58-51-34-23-21-28-46(51)36-40-53(58)62(55)44-25-16-14-12-10-8-2/h17-23,27-30,33-42H,7-16,24-26,31-32,43-44H2,1-6H3/q+1. The van der Waals surface area contributed by atoms with Crippen molar-refractivity contribution in [3.63, 3.8) is 0 Å². The molecule has 0 N–H and O–H groups in total. The molecule has 0 bridgehead atoms. The van der Waals surface area contributed by atoms with Gasteiger partial charge in [0, 0.05) is 47.5 Å². The number of anilines is 1. The highest BCUT2D eigenvalue weighted by Crippen LogP contribution is 2.51. The van der Waals surface area contributed by atoms with Crippen LogP contribution in [-0.2, 0) is 10.8 Å². The van der Waals surface area contributed by atoms with Crippen LogP contribution >= 0.6 is 0 Å². The van der Waals surface area contributed by atoms with E-state index in [2.05, 4.69) is 178 Å². The smallest absolute Gasteiger partial charge is 0.210 e. The topological polar surface area (TPSA) is 6.25 Å². The quantitative estimate of drug-likeness (QED) is 0.0630. The number of fused-ring (bicyclic) bond motifs is 6. The Labute approximate surface area is 374 Å². The minimum Gasteiger partial charge on any atom is -0.344 e. The molecule has 322 valence electrons. The summed E-state index contributed by atoms with van der Waals surface area (Å²) in [7, 11) is 0. The highest BCUT2D eigenvalue weighted by Gasteiger charge is 2.45. The van der Waals surface area contributed by atoms with E-state index in [1.807, 2.05) is 0 Å². The molecule has 0 fully saturated rings. The molecule has 0 aromatic heterocycles. The average Bonchev–Trinajstić information content (AvgIpc) is 3.65. The van der Waals surface area contributed by atoms with Crippen molar-refractivity contribution in [2.45, 2.75) is 149 Å². The van der Waals surface area contributed by atoms with Crippen LogP contribution in [0.15, 0.2) is 144 Å². The van der Waals surface area contributed by atoms with Gasteiger partial charge in [0.2, 0.25) is 5.69 Å². The van der Waals surface area contributed by atoms with E-state index < -0.39 is 0 Å². The number of benzene rings is 5. The molecule has 3 aliphatic rings. The van der Waals surface area contributed by atoms with Gasteiger partial charge in [-0.15, -0.1) is 0 Å². The Kier molecular flexibility index (Phi) is 13.8. The molecule has 0 saturated carbocycles. The highest BCUT2D eigenvalue weighted by atomic mass is 15.2. The summed E-state index contributed by atoms with van der Waals surface area (Å²) in [6.45, 7) is 16.6. The summed E-state index contributed by atoms with van der Waals surface area (Å²) in [5, 5.41) is 5.45. The third-order valence-corrected chi connectivity index (χ3v) is 14.5. The van der Waals surface area contributed by atoms with Gasteiger partial charge in [-0.05, 0) is 114 Å². The lowest BCUT2D eigenvalue weighted by molar-refractivity contribution is -0.438. The molecule has 2 heteroatoms. The van der Waals surface area contributed by atoms with Gasteiger partial charge in [0.25, 0.3) is 0 Å². The van der Waals surface area contributed by atoms with Crippen LogP contribution in [0.5, 0.6) is 0 Å². The van der Waals surface area contributed by atoms with Crippen LogP contribution in [0.3, 0.4) is 0 Å². The Morgan fingerprint density at radius 2 is 1.18 bits per heavy atom. The lowest BCUT2D eigenvalue weighted by Gasteiger charge is -2.28. The van der Waals surface area contributed by atoms with Crippen molar-refractivity contribution >= 4 is 44.2 Å². The minimum absolute atomic E-state index is 0.118. The third kappa shape index (κ3) is 8.82. The number of hydrogen-bond acceptors (Lipinski definition) is 1. The zero-order valence-electron chi connectivity index (χ0n) is 39.0. The summed E-state index contributed by atoms with van der Waals surface area (Å²) in [5.74, 6) is 0. The summed E-state index contributed by atoms with van der Waals surface area (Å²) in [6, 6.07) is 38.8. The van der Waals surface area contributed by atoms with Gasteiger partial charge in [-0.3, -0.25) is 0 Å². The molecule has 1 aliphatic carbocycles. The lowest BCUT2D eigenvalue weighted by Crippen LogP contribution is -2.28. The fourth-order valence-electron chi connectivity index (χ4n) is 11.2. The Hall–Kier alpha value is -4.95. The number of unbranched alkanes of at least 4 members (excludes halogenated alkanes) is 10. The van der Waals surface area contributed by atoms with E-state index in [1.165, 1.54) is 155 Å². The van der Waals surface area contributed by atoms with Gasteiger partial charge >= 0.3 is 0 Å². The number of allylic oxidation sites excluding steroid dienone is 8. The summed E-state index contributed by atoms with van der Waals surface area (Å²) < 4.78 is 2.69. The second kappa shape index (κ2) is 19.6. The molecule has 5 aromatic rings. The molecule has 0 saturated heterocycles. The summed E-state index contributed by atoms with van der Waals surface area (Å²) in [5.41, 5.74) is 14.0. The van der Waals surface area contributed by atoms with Gasteiger partial charge in [0.05, 0.1) is 5.41 Å². The summed E-state index contributed by atoms with van der Waals surface area (Å²) in [4.78, 5) is 2.69. The fraction of sp³-hybridized carbons (Fsp3) is 0.417. The highest BCUT2D eigenvalue weighted by molar-refractivity contribution is 6.08. The molecule has 2 heterocycles. The van der Waals surface area contributed by atoms with E-state index in [1.54, 1.807) is 0 Å². The maximum absolute atomic E-state index is 2.69. The van der Waals surface area contributed by atoms with E-state index in [4.69, 9.17) is 0 Å². The van der Waals surface area contributed by atoms with Crippen molar-refractivity contribution in [3.8, 4) is 0 Å². The maximum Gasteiger partial charge on any atom is 0.210 e. The summed E-state index contributed by atoms with van der Waals surface area (Å²) >= 11 is 0. The SMILES string of the molecule is CCCCCCCCN1/C(=C/C=C2\CCCC(/C=C/C3=[N+](CCCCCCCC)c4ccc5ccccc5c4C3(C)C)=C2c2ccccc2)C(C)(C)c2c1ccc1ccccc21. The van der Waals surface area contributed by atoms with Crippen molar-refractivity contribution in [2.24, 2.45) is 0 Å². The normalized spacial score (nSPS) is 18.3. The van der Waals surface area contributed by atoms with Crippen molar-refractivity contribution in [1.29, 1.82) is 0 Å². The minimum atomic E-state index is -0.118. The lowest BCUT2D eigenvalue weighted by atomic mass is 9.78. The average molecular weight is 822 g/mol. The predicted molar refractivity (Wildman–Crippen MR) is 270 cm³/mol. The first-order chi connectivity index (χ1) is 30.3. The molecule has 8 rings (SSSR count). The largest absolute Gasteiger partial charge is 0.344 e. The van der Waals surface area contributed by atoms with E-state index in [9.17, 15) is 0 Å². The van der Waals surface area contributed by atoms with E-state index in [0.29, 0.717) is 0 Å². The van der Waals surface area contributed by atoms with Crippen molar-refractivity contribution in [3.05, 3.63) is 161 Å². The molecule has 0 spiro atoms. The first kappa shape index (κ1) is 43.7. The van der Waals surface area contributed by atoms with Gasteiger partial charge in [-0.25, -0.2) is 0 Å². The Morgan fingerprint density at radius 1 is 0.565 bits per heavy atom. The van der Waals surface area contributed by atoms with Gasteiger partial charge in [0.15, 0.2) is 5.71 Å². The molecule has 0 unspecified atom stereocenters. The summed E-state index contributed by atoms with van der Waals surface area (Å²) in [6.07, 6.45) is 29.1. The van der Waals surface area contributed by atoms with Crippen LogP contribution in [0.4, 0.5) is 11.4 Å². The molecule has 5 aromatic carbocycles. The van der Waals surface area contributed by atoms with Crippen molar-refractivity contribution < 1.29 is 4.58 Å². The predicted octanol–water partition coefficient (Wildman–Crippen LogP) is 16.9. The zero-order valence-corrected chi connectivity index (χ0v) is 39.0. The van der Waals surface area contributed by atoms with Crippen LogP contribution < -0.4 is 4.90 Å². The first-order valence-electron chi connectivity index (χ1n) is 24.6. The number of rotatable bonds is 18. The Balaban J connectivity index is 1.19. The number of hydrogen-bond donors (Lipinski definition) is 0. The van der Waals surface area contributed by atoms with Crippen LogP contribution in [0.1, 0.15) is 155 Å². The molecule has 0 atom stereocenters. The molecule has 62 heavy (non-hydrogen) atoms. The van der Waals surface area contributed by atoms with Crippen LogP contribution in [0.25, 0.3) is 27.1 Å². The van der Waals surface area contributed by atoms with Crippen molar-refractivity contribution in [1.82, 2.24) is 0 Å². The molecule has 2 nitrogen and oxygen atoms in total. The van der Waals surface area contributed by atoms with Crippen LogP contribution in [0.2, 0.25) is 0 Å². The molecular formula is C60H73N2+. The first-order valence-corrected chi connectivity index (χ1v) is 24.6. The van der Waals surface area contributed by atoms with E-state index in [-0.39, 0.29) is 10.8 Å². The van der Waals surface area contributed by atoms with Crippen LogP contribution in [0, 0.1) is 0 Å².